The molecule has 1 saturated carbocycles. The first-order chi connectivity index (χ1) is 8.13. The zero-order valence-corrected chi connectivity index (χ0v) is 9.60. The Labute approximate surface area is 98.5 Å². The maximum absolute atomic E-state index is 12.1. The van der Waals surface area contributed by atoms with E-state index in [2.05, 4.69) is 0 Å². The normalized spacial score (nSPS) is 28.8. The molecule has 0 radical (unpaired) electrons. The first-order valence-electron chi connectivity index (χ1n) is 5.53. The zero-order chi connectivity index (χ0) is 12.2. The van der Waals surface area contributed by atoms with Crippen LogP contribution in [0.4, 0.5) is 0 Å². The lowest BCUT2D eigenvalue weighted by atomic mass is 10.0. The molecule has 2 aliphatic rings. The summed E-state index contributed by atoms with van der Waals surface area (Å²) in [6.07, 6.45) is -0.264. The fourth-order valence-corrected chi connectivity index (χ4v) is 2.48. The number of methoxy groups -OCH3 is 1. The summed E-state index contributed by atoms with van der Waals surface area (Å²) in [5.74, 6) is 0.677. The van der Waals surface area contributed by atoms with Crippen LogP contribution in [0.1, 0.15) is 17.3 Å². The minimum Gasteiger partial charge on any atom is -0.497 e. The molecule has 0 bridgehead atoms. The first-order valence-corrected chi connectivity index (χ1v) is 5.53. The van der Waals surface area contributed by atoms with Gasteiger partial charge < -0.3 is 9.47 Å². The van der Waals surface area contributed by atoms with Crippen molar-refractivity contribution in [1.29, 1.82) is 0 Å². The quantitative estimate of drug-likeness (QED) is 0.774. The third-order valence-electron chi connectivity index (χ3n) is 3.44. The minimum atomic E-state index is -0.270. The summed E-state index contributed by atoms with van der Waals surface area (Å²) >= 11 is 0. The molecule has 0 spiro atoms. The topological polar surface area (TPSA) is 52.6 Å². The summed E-state index contributed by atoms with van der Waals surface area (Å²) in [4.78, 5) is 23.4. The van der Waals surface area contributed by atoms with Crippen molar-refractivity contribution in [2.45, 2.75) is 13.0 Å². The predicted octanol–water partition coefficient (Wildman–Crippen LogP) is 1.47. The zero-order valence-electron chi connectivity index (χ0n) is 9.60. The predicted molar refractivity (Wildman–Crippen MR) is 59.4 cm³/mol. The molecule has 4 heteroatoms. The van der Waals surface area contributed by atoms with Gasteiger partial charge in [-0.2, -0.15) is 0 Å². The number of hydrogen-bond acceptors (Lipinski definition) is 4. The summed E-state index contributed by atoms with van der Waals surface area (Å²) < 4.78 is 10.8. The van der Waals surface area contributed by atoms with Crippen LogP contribution in [0.3, 0.4) is 0 Å². The third-order valence-corrected chi connectivity index (χ3v) is 3.44. The molecule has 0 saturated heterocycles. The van der Waals surface area contributed by atoms with Crippen LogP contribution in [0.2, 0.25) is 0 Å². The van der Waals surface area contributed by atoms with Gasteiger partial charge in [0.05, 0.1) is 24.5 Å². The molecule has 1 aromatic rings. The molecule has 0 unspecified atom stereocenters. The summed E-state index contributed by atoms with van der Waals surface area (Å²) in [5.41, 5.74) is 0.552. The van der Waals surface area contributed by atoms with Crippen molar-refractivity contribution in [3.63, 3.8) is 0 Å². The van der Waals surface area contributed by atoms with Gasteiger partial charge in [0.15, 0.2) is 5.78 Å². The molecule has 0 N–H and O–H groups in total. The average molecular weight is 232 g/mol. The van der Waals surface area contributed by atoms with Crippen molar-refractivity contribution in [3.05, 3.63) is 23.8 Å². The first kappa shape index (κ1) is 10.3. The van der Waals surface area contributed by atoms with Gasteiger partial charge in [-0.05, 0) is 19.1 Å². The molecule has 1 heterocycles. The van der Waals surface area contributed by atoms with E-state index in [4.69, 9.17) is 9.47 Å². The van der Waals surface area contributed by atoms with E-state index >= 15 is 0 Å². The van der Waals surface area contributed by atoms with Crippen LogP contribution >= 0.6 is 0 Å². The van der Waals surface area contributed by atoms with Gasteiger partial charge in [-0.3, -0.25) is 9.59 Å². The molecule has 1 aromatic carbocycles. The van der Waals surface area contributed by atoms with Gasteiger partial charge >= 0.3 is 0 Å². The standard InChI is InChI=1S/C13H12O4/c1-6(14)10-11-12(15)8-4-3-7(16-2)5-9(8)17-13(10)11/h3-5,10-11,13H,1-2H3/t10-,11+,13+/m1/s1. The lowest BCUT2D eigenvalue weighted by Gasteiger charge is -2.15. The Balaban J connectivity index is 1.98. The van der Waals surface area contributed by atoms with E-state index in [0.717, 1.165) is 0 Å². The Bertz CT molecular complexity index is 520. The number of benzene rings is 1. The molecule has 0 amide bonds. The summed E-state index contributed by atoms with van der Waals surface area (Å²) in [6.45, 7) is 1.50. The second-order valence-electron chi connectivity index (χ2n) is 4.47. The van der Waals surface area contributed by atoms with Gasteiger partial charge in [0.25, 0.3) is 0 Å². The Morgan fingerprint density at radius 1 is 1.41 bits per heavy atom. The highest BCUT2D eigenvalue weighted by molar-refractivity contribution is 6.07. The second-order valence-corrected chi connectivity index (χ2v) is 4.47. The lowest BCUT2D eigenvalue weighted by Crippen LogP contribution is -2.17. The SMILES string of the molecule is COc1ccc2c(c1)O[C@H]1[C@H](C(C)=O)[C@H]1C2=O. The minimum absolute atomic E-state index is 0.0131. The largest absolute Gasteiger partial charge is 0.497 e. The monoisotopic (exact) mass is 232 g/mol. The van der Waals surface area contributed by atoms with Crippen molar-refractivity contribution in [2.24, 2.45) is 11.8 Å². The number of rotatable bonds is 2. The number of carbonyl (C=O) groups is 2. The highest BCUT2D eigenvalue weighted by Gasteiger charge is 2.62. The van der Waals surface area contributed by atoms with Crippen LogP contribution in [0.15, 0.2) is 18.2 Å². The van der Waals surface area contributed by atoms with E-state index in [1.54, 1.807) is 25.3 Å². The molecule has 1 aliphatic heterocycles. The third kappa shape index (κ3) is 1.37. The van der Waals surface area contributed by atoms with Gasteiger partial charge in [-0.25, -0.2) is 0 Å². The van der Waals surface area contributed by atoms with Crippen molar-refractivity contribution < 1.29 is 19.1 Å². The molecule has 17 heavy (non-hydrogen) atoms. The Morgan fingerprint density at radius 2 is 2.18 bits per heavy atom. The van der Waals surface area contributed by atoms with E-state index < -0.39 is 0 Å². The van der Waals surface area contributed by atoms with Gasteiger partial charge in [-0.15, -0.1) is 0 Å². The molecule has 0 aromatic heterocycles. The van der Waals surface area contributed by atoms with Crippen molar-refractivity contribution in [3.8, 4) is 11.5 Å². The maximum Gasteiger partial charge on any atom is 0.174 e. The second kappa shape index (κ2) is 3.32. The van der Waals surface area contributed by atoms with E-state index in [1.807, 2.05) is 0 Å². The fraction of sp³-hybridized carbons (Fsp3) is 0.385. The number of ketones is 2. The van der Waals surface area contributed by atoms with Crippen LogP contribution in [0.5, 0.6) is 11.5 Å². The van der Waals surface area contributed by atoms with Gasteiger partial charge in [-0.1, -0.05) is 0 Å². The lowest BCUT2D eigenvalue weighted by molar-refractivity contribution is -0.118. The molecule has 1 fully saturated rings. The molecular formula is C13H12O4. The Hall–Kier alpha value is -1.84. The van der Waals surface area contributed by atoms with E-state index in [0.29, 0.717) is 17.1 Å². The van der Waals surface area contributed by atoms with Gasteiger partial charge in [0, 0.05) is 6.07 Å². The summed E-state index contributed by atoms with van der Waals surface area (Å²) in [5, 5.41) is 0. The van der Waals surface area contributed by atoms with Crippen molar-refractivity contribution >= 4 is 11.6 Å². The Morgan fingerprint density at radius 3 is 2.82 bits per heavy atom. The van der Waals surface area contributed by atoms with Crippen molar-refractivity contribution in [2.75, 3.05) is 7.11 Å². The molecule has 4 nitrogen and oxygen atoms in total. The van der Waals surface area contributed by atoms with Crippen LogP contribution in [0.25, 0.3) is 0 Å². The maximum atomic E-state index is 12.1. The molecule has 3 atom stereocenters. The molecule has 88 valence electrons. The number of hydrogen-bond donors (Lipinski definition) is 0. The highest BCUT2D eigenvalue weighted by Crippen LogP contribution is 2.50. The van der Waals surface area contributed by atoms with Crippen LogP contribution in [0, 0.1) is 11.8 Å². The van der Waals surface area contributed by atoms with E-state index in [1.165, 1.54) is 6.92 Å². The molecular weight excluding hydrogens is 220 g/mol. The van der Waals surface area contributed by atoms with Gasteiger partial charge in [0.1, 0.15) is 23.4 Å². The van der Waals surface area contributed by atoms with Crippen LogP contribution in [-0.2, 0) is 4.79 Å². The number of carbonyl (C=O) groups excluding carboxylic acids is 2. The smallest absolute Gasteiger partial charge is 0.174 e. The number of ether oxygens (including phenoxy) is 2. The van der Waals surface area contributed by atoms with Crippen LogP contribution in [-0.4, -0.2) is 24.8 Å². The van der Waals surface area contributed by atoms with E-state index in [-0.39, 0.29) is 29.5 Å². The molecule has 3 rings (SSSR count). The molecule has 1 aliphatic carbocycles. The van der Waals surface area contributed by atoms with Crippen molar-refractivity contribution in [1.82, 2.24) is 0 Å². The average Bonchev–Trinajstić information content (AvgIpc) is 3.03. The number of Topliss-reactive ketones (excluding diaryl/α,β-unsaturated/α-hetero) is 2. The summed E-state index contributed by atoms with van der Waals surface area (Å²) in [6, 6.07) is 5.12. The summed E-state index contributed by atoms with van der Waals surface area (Å²) in [7, 11) is 1.56. The van der Waals surface area contributed by atoms with Crippen LogP contribution < -0.4 is 9.47 Å². The van der Waals surface area contributed by atoms with Gasteiger partial charge in [0.2, 0.25) is 0 Å². The number of fused-ring (bicyclic) bond motifs is 2. The highest BCUT2D eigenvalue weighted by atomic mass is 16.5. The van der Waals surface area contributed by atoms with E-state index in [9.17, 15) is 9.59 Å². The Kier molecular flexibility index (Phi) is 2.02. The fourth-order valence-electron chi connectivity index (χ4n) is 2.48.